The molecule has 2 atom stereocenters. The van der Waals surface area contributed by atoms with E-state index in [0.717, 1.165) is 21.4 Å². The third-order valence-corrected chi connectivity index (χ3v) is 10.7. The van der Waals surface area contributed by atoms with Gasteiger partial charge in [-0.25, -0.2) is 14.5 Å². The molecule has 1 aromatic carbocycles. The van der Waals surface area contributed by atoms with Gasteiger partial charge in [-0.3, -0.25) is 14.3 Å². The van der Waals surface area contributed by atoms with Crippen LogP contribution in [0.4, 0.5) is 9.59 Å². The highest BCUT2D eigenvalue weighted by molar-refractivity contribution is 7.62. The number of amides is 2. The molecule has 0 saturated carbocycles. The minimum Gasteiger partial charge on any atom is -0.464 e. The fraction of sp³-hybridized carbons (Fsp3) is 0.676. The van der Waals surface area contributed by atoms with Gasteiger partial charge in [-0.15, -0.1) is 0 Å². The average molecular weight is 665 g/mol. The van der Waals surface area contributed by atoms with Crippen molar-refractivity contribution in [2.45, 2.75) is 117 Å². The van der Waals surface area contributed by atoms with Crippen molar-refractivity contribution in [3.63, 3.8) is 0 Å². The molecule has 1 aliphatic rings. The maximum Gasteiger partial charge on any atom is 0.419 e. The van der Waals surface area contributed by atoms with Gasteiger partial charge in [0.2, 0.25) is 7.37 Å². The molecule has 0 bridgehead atoms. The van der Waals surface area contributed by atoms with Gasteiger partial charge in [-0.05, 0) is 112 Å². The smallest absolute Gasteiger partial charge is 0.419 e. The van der Waals surface area contributed by atoms with E-state index >= 15 is 0 Å². The van der Waals surface area contributed by atoms with E-state index in [4.69, 9.17) is 23.2 Å². The van der Waals surface area contributed by atoms with Crippen LogP contribution in [0, 0.1) is 0 Å². The van der Waals surface area contributed by atoms with Crippen molar-refractivity contribution in [1.82, 2.24) is 9.80 Å². The second kappa shape index (κ2) is 14.5. The molecule has 258 valence electrons. The van der Waals surface area contributed by atoms with Crippen molar-refractivity contribution < 1.29 is 42.1 Å². The molecular weight excluding hydrogens is 611 g/mol. The first-order valence-electron chi connectivity index (χ1n) is 16.1. The summed E-state index contributed by atoms with van der Waals surface area (Å²) in [6.07, 6.45) is 1.04. The molecule has 2 aromatic rings. The first-order chi connectivity index (χ1) is 21.2. The van der Waals surface area contributed by atoms with Crippen LogP contribution < -0.4 is 0 Å². The van der Waals surface area contributed by atoms with Gasteiger partial charge in [0, 0.05) is 37.7 Å². The fourth-order valence-electron chi connectivity index (χ4n) is 5.45. The zero-order valence-electron chi connectivity index (χ0n) is 29.3. The van der Waals surface area contributed by atoms with Crippen LogP contribution in [-0.2, 0) is 34.6 Å². The first kappa shape index (κ1) is 37.6. The first-order valence-corrected chi connectivity index (χ1v) is 17.9. The maximum absolute atomic E-state index is 14.7. The van der Waals surface area contributed by atoms with E-state index in [0.29, 0.717) is 25.9 Å². The quantitative estimate of drug-likeness (QED) is 0.107. The predicted octanol–water partition coefficient (Wildman–Crippen LogP) is 7.99. The second-order valence-corrected chi connectivity index (χ2v) is 17.8. The highest BCUT2D eigenvalue weighted by Crippen LogP contribution is 2.64. The van der Waals surface area contributed by atoms with Crippen molar-refractivity contribution in [3.05, 3.63) is 36.1 Å². The largest absolute Gasteiger partial charge is 0.464 e. The molecule has 1 saturated heterocycles. The van der Waals surface area contributed by atoms with Crippen LogP contribution in [0.3, 0.4) is 0 Å². The second-order valence-electron chi connectivity index (χ2n) is 14.9. The molecule has 0 aliphatic carbocycles. The number of esters is 1. The van der Waals surface area contributed by atoms with Crippen LogP contribution in [-0.4, -0.2) is 82.3 Å². The SMILES string of the molecule is CCOP1(=O)CCN(Cc2ccc3occc3c2)CC1(CCCCN(C(=O)OC(C)(C)C)C(=O)OC(C)(C)C)C(=O)OC(C)(C)C. The Labute approximate surface area is 273 Å². The molecule has 2 heterocycles. The molecule has 1 aliphatic heterocycles. The summed E-state index contributed by atoms with van der Waals surface area (Å²) in [7, 11) is -3.55. The van der Waals surface area contributed by atoms with Crippen LogP contribution >= 0.6 is 7.37 Å². The monoisotopic (exact) mass is 664 g/mol. The summed E-state index contributed by atoms with van der Waals surface area (Å²) in [4.78, 5) is 43.3. The molecule has 11 nitrogen and oxygen atoms in total. The Morgan fingerprint density at radius 2 is 1.52 bits per heavy atom. The summed E-state index contributed by atoms with van der Waals surface area (Å²) in [6.45, 7) is 18.8. The zero-order chi connectivity index (χ0) is 34.6. The van der Waals surface area contributed by atoms with Gasteiger partial charge in [-0.1, -0.05) is 6.07 Å². The zero-order valence-corrected chi connectivity index (χ0v) is 30.2. The highest BCUT2D eigenvalue weighted by Gasteiger charge is 2.59. The standard InChI is InChI=1S/C34H53N2O9P/c1-11-42-46(40)21-19-35(23-25-14-15-27-26(22-25)16-20-41-27)24-34(46,28(37)43-31(2,3)4)17-12-13-18-36(29(38)44-32(5,6)7)30(39)45-33(8,9)10/h14-16,20,22H,11-13,17-19,21,23-24H2,1-10H3. The Morgan fingerprint density at radius 3 is 2.09 bits per heavy atom. The number of imide groups is 1. The number of rotatable bonds is 10. The molecule has 46 heavy (non-hydrogen) atoms. The van der Waals surface area contributed by atoms with Crippen molar-refractivity contribution in [1.29, 1.82) is 0 Å². The lowest BCUT2D eigenvalue weighted by Crippen LogP contribution is -2.56. The van der Waals surface area contributed by atoms with Gasteiger partial charge in [0.05, 0.1) is 12.9 Å². The molecule has 12 heteroatoms. The molecule has 1 aromatic heterocycles. The van der Waals surface area contributed by atoms with Gasteiger partial charge in [-0.2, -0.15) is 0 Å². The Morgan fingerprint density at radius 1 is 0.913 bits per heavy atom. The topological polar surface area (TPSA) is 125 Å². The Hall–Kier alpha value is -2.88. The molecule has 0 radical (unpaired) electrons. The molecule has 2 amide bonds. The number of hydrogen-bond donors (Lipinski definition) is 0. The summed E-state index contributed by atoms with van der Waals surface area (Å²) >= 11 is 0. The number of carbonyl (C=O) groups is 3. The number of carbonyl (C=O) groups excluding carboxylic acids is 3. The number of hydrogen-bond acceptors (Lipinski definition) is 10. The van der Waals surface area contributed by atoms with Gasteiger partial charge in [0.1, 0.15) is 22.4 Å². The summed E-state index contributed by atoms with van der Waals surface area (Å²) in [5.41, 5.74) is -0.644. The Bertz CT molecular complexity index is 1390. The lowest BCUT2D eigenvalue weighted by molar-refractivity contribution is -0.160. The van der Waals surface area contributed by atoms with Gasteiger partial charge in [0.15, 0.2) is 5.16 Å². The molecule has 0 spiro atoms. The molecule has 1 fully saturated rings. The predicted molar refractivity (Wildman–Crippen MR) is 177 cm³/mol. The number of ether oxygens (including phenoxy) is 3. The molecule has 3 rings (SSSR count). The van der Waals surface area contributed by atoms with Crippen LogP contribution in [0.15, 0.2) is 34.9 Å². The Kier molecular flexibility index (Phi) is 11.8. The lowest BCUT2D eigenvalue weighted by Gasteiger charge is -2.46. The minimum atomic E-state index is -3.55. The number of benzene rings is 1. The molecule has 0 N–H and O–H groups in total. The van der Waals surface area contributed by atoms with Gasteiger partial charge < -0.3 is 23.2 Å². The number of unbranched alkanes of at least 4 members (excludes halogenated alkanes) is 1. The Balaban J connectivity index is 1.89. The summed E-state index contributed by atoms with van der Waals surface area (Å²) in [6, 6.07) is 7.86. The van der Waals surface area contributed by atoms with E-state index in [-0.39, 0.29) is 32.3 Å². The molecule has 2 unspecified atom stereocenters. The van der Waals surface area contributed by atoms with E-state index in [1.807, 2.05) is 24.3 Å². The normalized spacial score (nSPS) is 21.2. The number of nitrogens with zero attached hydrogens (tertiary/aromatic N) is 2. The van der Waals surface area contributed by atoms with Gasteiger partial charge in [0.25, 0.3) is 0 Å². The maximum atomic E-state index is 14.7. The fourth-order valence-corrected chi connectivity index (χ4v) is 8.46. The lowest BCUT2D eigenvalue weighted by atomic mass is 9.98. The van der Waals surface area contributed by atoms with E-state index in [9.17, 15) is 18.9 Å². The van der Waals surface area contributed by atoms with Crippen LogP contribution in [0.1, 0.15) is 94.1 Å². The third-order valence-electron chi connectivity index (χ3n) is 7.34. The van der Waals surface area contributed by atoms with Crippen molar-refractivity contribution in [2.75, 3.05) is 32.4 Å². The summed E-state index contributed by atoms with van der Waals surface area (Å²) in [5.74, 6) is -0.567. The van der Waals surface area contributed by atoms with E-state index < -0.39 is 47.5 Å². The van der Waals surface area contributed by atoms with E-state index in [2.05, 4.69) is 4.90 Å². The van der Waals surface area contributed by atoms with Crippen molar-refractivity contribution in [3.8, 4) is 0 Å². The van der Waals surface area contributed by atoms with Crippen molar-refractivity contribution >= 4 is 36.5 Å². The van der Waals surface area contributed by atoms with Crippen LogP contribution in [0.25, 0.3) is 11.0 Å². The number of fused-ring (bicyclic) bond motifs is 1. The number of furan rings is 1. The van der Waals surface area contributed by atoms with E-state index in [1.54, 1.807) is 75.5 Å². The highest BCUT2D eigenvalue weighted by atomic mass is 31.2. The van der Waals surface area contributed by atoms with Crippen molar-refractivity contribution in [2.24, 2.45) is 0 Å². The van der Waals surface area contributed by atoms with Crippen LogP contribution in [0.2, 0.25) is 0 Å². The van der Waals surface area contributed by atoms with Crippen LogP contribution in [0.5, 0.6) is 0 Å². The molecular formula is C34H53N2O9P. The van der Waals surface area contributed by atoms with Gasteiger partial charge >= 0.3 is 18.2 Å². The summed E-state index contributed by atoms with van der Waals surface area (Å²) < 4.78 is 43.1. The summed E-state index contributed by atoms with van der Waals surface area (Å²) in [5, 5.41) is -0.468. The third kappa shape index (κ3) is 10.1. The van der Waals surface area contributed by atoms with E-state index in [1.165, 1.54) is 0 Å². The minimum absolute atomic E-state index is 0.0123. The average Bonchev–Trinajstić information content (AvgIpc) is 3.35.